The number of rotatable bonds is 4. The van der Waals surface area contributed by atoms with Gasteiger partial charge in [0.1, 0.15) is 0 Å². The van der Waals surface area contributed by atoms with Gasteiger partial charge in [0.15, 0.2) is 0 Å². The lowest BCUT2D eigenvalue weighted by Crippen LogP contribution is -2.46. The van der Waals surface area contributed by atoms with Gasteiger partial charge in [0.05, 0.1) is 0 Å². The number of aromatic nitrogens is 1. The Labute approximate surface area is 161 Å². The van der Waals surface area contributed by atoms with Gasteiger partial charge in [0.2, 0.25) is 0 Å². The van der Waals surface area contributed by atoms with E-state index in [0.29, 0.717) is 6.04 Å². The van der Waals surface area contributed by atoms with Gasteiger partial charge in [-0.05, 0) is 60.9 Å². The molecule has 3 heteroatoms. The highest BCUT2D eigenvalue weighted by atomic mass is 15.2. The Morgan fingerprint density at radius 2 is 1.89 bits per heavy atom. The molecule has 1 atom stereocenters. The van der Waals surface area contributed by atoms with Gasteiger partial charge in [0.25, 0.3) is 0 Å². The molecule has 2 aliphatic rings. The van der Waals surface area contributed by atoms with Crippen LogP contribution in [0.25, 0.3) is 10.9 Å². The topological polar surface area (TPSA) is 31.1 Å². The smallest absolute Gasteiger partial charge is 0.0459 e. The molecule has 1 aliphatic heterocycles. The Hall–Kier alpha value is -2.10. The van der Waals surface area contributed by atoms with Crippen molar-refractivity contribution in [2.45, 2.75) is 38.1 Å². The SMILES string of the molecule is c1ccc(CCN2CCNC(c3ccc4[nH]c5c(c4c3)CCCC5)C2)cc1. The highest BCUT2D eigenvalue weighted by Gasteiger charge is 2.22. The van der Waals surface area contributed by atoms with Crippen molar-refractivity contribution in [2.24, 2.45) is 0 Å². The molecule has 0 saturated carbocycles. The van der Waals surface area contributed by atoms with Crippen LogP contribution < -0.4 is 5.32 Å². The van der Waals surface area contributed by atoms with E-state index in [0.717, 1.165) is 32.6 Å². The van der Waals surface area contributed by atoms with Crippen LogP contribution >= 0.6 is 0 Å². The first-order valence-corrected chi connectivity index (χ1v) is 10.5. The lowest BCUT2D eigenvalue weighted by Gasteiger charge is -2.34. The lowest BCUT2D eigenvalue weighted by molar-refractivity contribution is 0.203. The average Bonchev–Trinajstić information content (AvgIpc) is 3.11. The average molecular weight is 360 g/mol. The van der Waals surface area contributed by atoms with Gasteiger partial charge in [-0.1, -0.05) is 36.4 Å². The largest absolute Gasteiger partial charge is 0.358 e. The molecule has 5 rings (SSSR count). The highest BCUT2D eigenvalue weighted by molar-refractivity contribution is 5.85. The zero-order valence-electron chi connectivity index (χ0n) is 16.0. The Bertz CT molecular complexity index is 912. The highest BCUT2D eigenvalue weighted by Crippen LogP contribution is 2.31. The monoisotopic (exact) mass is 359 g/mol. The summed E-state index contributed by atoms with van der Waals surface area (Å²) in [5.74, 6) is 0. The minimum atomic E-state index is 0.438. The number of aromatic amines is 1. The zero-order chi connectivity index (χ0) is 18.1. The second kappa shape index (κ2) is 7.49. The molecule has 1 saturated heterocycles. The first kappa shape index (κ1) is 17.0. The van der Waals surface area contributed by atoms with E-state index in [1.165, 1.54) is 53.4 Å². The van der Waals surface area contributed by atoms with Crippen molar-refractivity contribution in [3.63, 3.8) is 0 Å². The Morgan fingerprint density at radius 3 is 2.81 bits per heavy atom. The minimum Gasteiger partial charge on any atom is -0.358 e. The molecule has 2 aromatic carbocycles. The van der Waals surface area contributed by atoms with Crippen molar-refractivity contribution in [3.05, 3.63) is 70.9 Å². The summed E-state index contributed by atoms with van der Waals surface area (Å²) in [6.07, 6.45) is 6.25. The predicted molar refractivity (Wildman–Crippen MR) is 112 cm³/mol. The van der Waals surface area contributed by atoms with Crippen LogP contribution in [0.15, 0.2) is 48.5 Å². The molecule has 3 aromatic rings. The second-order valence-corrected chi connectivity index (χ2v) is 8.14. The summed E-state index contributed by atoms with van der Waals surface area (Å²) >= 11 is 0. The van der Waals surface area contributed by atoms with Crippen LogP contribution in [0, 0.1) is 0 Å². The quantitative estimate of drug-likeness (QED) is 0.730. The number of hydrogen-bond donors (Lipinski definition) is 2. The van der Waals surface area contributed by atoms with Gasteiger partial charge in [-0.3, -0.25) is 4.90 Å². The maximum absolute atomic E-state index is 3.75. The van der Waals surface area contributed by atoms with Crippen LogP contribution in [0.1, 0.15) is 41.3 Å². The number of piperazine rings is 1. The third-order valence-corrected chi connectivity index (χ3v) is 6.34. The summed E-state index contributed by atoms with van der Waals surface area (Å²) in [4.78, 5) is 6.28. The summed E-state index contributed by atoms with van der Waals surface area (Å²) in [5, 5.41) is 5.21. The van der Waals surface area contributed by atoms with Crippen molar-refractivity contribution < 1.29 is 0 Å². The maximum Gasteiger partial charge on any atom is 0.0459 e. The number of hydrogen-bond acceptors (Lipinski definition) is 2. The molecule has 0 spiro atoms. The third kappa shape index (κ3) is 3.54. The molecule has 1 aliphatic carbocycles. The molecule has 3 nitrogen and oxygen atoms in total. The first-order valence-electron chi connectivity index (χ1n) is 10.5. The molecule has 1 aromatic heterocycles. The van der Waals surface area contributed by atoms with Crippen molar-refractivity contribution in [1.82, 2.24) is 15.2 Å². The van der Waals surface area contributed by atoms with Crippen LogP contribution in [0.2, 0.25) is 0 Å². The van der Waals surface area contributed by atoms with Crippen LogP contribution in [0.5, 0.6) is 0 Å². The third-order valence-electron chi connectivity index (χ3n) is 6.34. The number of fused-ring (bicyclic) bond motifs is 3. The Kier molecular flexibility index (Phi) is 4.73. The fourth-order valence-electron chi connectivity index (χ4n) is 4.81. The molecule has 0 radical (unpaired) electrons. The molecule has 2 N–H and O–H groups in total. The normalized spacial score (nSPS) is 20.7. The molecule has 1 fully saturated rings. The van der Waals surface area contributed by atoms with E-state index in [4.69, 9.17) is 0 Å². The summed E-state index contributed by atoms with van der Waals surface area (Å²) in [6, 6.07) is 18.4. The predicted octanol–water partition coefficient (Wildman–Crippen LogP) is 4.24. The minimum absolute atomic E-state index is 0.438. The molecule has 2 heterocycles. The van der Waals surface area contributed by atoms with Gasteiger partial charge < -0.3 is 10.3 Å². The lowest BCUT2D eigenvalue weighted by atomic mass is 9.94. The van der Waals surface area contributed by atoms with Crippen LogP contribution in [0.3, 0.4) is 0 Å². The molecule has 1 unspecified atom stereocenters. The van der Waals surface area contributed by atoms with Gasteiger partial charge in [-0.15, -0.1) is 0 Å². The number of H-pyrrole nitrogens is 1. The van der Waals surface area contributed by atoms with E-state index < -0.39 is 0 Å². The molecule has 27 heavy (non-hydrogen) atoms. The van der Waals surface area contributed by atoms with Crippen LogP contribution in [-0.2, 0) is 19.3 Å². The van der Waals surface area contributed by atoms with Crippen molar-refractivity contribution in [3.8, 4) is 0 Å². The number of aryl methyl sites for hydroxylation is 2. The van der Waals surface area contributed by atoms with Gasteiger partial charge in [0, 0.05) is 48.8 Å². The molecular formula is C24H29N3. The van der Waals surface area contributed by atoms with E-state index in [1.54, 1.807) is 5.56 Å². The number of nitrogens with zero attached hydrogens (tertiary/aromatic N) is 1. The number of benzene rings is 2. The van der Waals surface area contributed by atoms with Gasteiger partial charge in [-0.25, -0.2) is 0 Å². The van der Waals surface area contributed by atoms with Crippen LogP contribution in [-0.4, -0.2) is 36.1 Å². The maximum atomic E-state index is 3.75. The summed E-state index contributed by atoms with van der Waals surface area (Å²) in [6.45, 7) is 4.46. The number of nitrogens with one attached hydrogen (secondary N) is 2. The standard InChI is InChI=1S/C24H29N3/c1-2-6-18(7-3-1)12-14-27-15-13-25-24(17-27)19-10-11-23-21(16-19)20-8-4-5-9-22(20)26-23/h1-3,6-7,10-11,16,24-26H,4-5,8-9,12-15,17H2. The van der Waals surface area contributed by atoms with E-state index in [-0.39, 0.29) is 0 Å². The summed E-state index contributed by atoms with van der Waals surface area (Å²) in [5.41, 5.74) is 7.26. The van der Waals surface area contributed by atoms with E-state index >= 15 is 0 Å². The van der Waals surface area contributed by atoms with Crippen molar-refractivity contribution >= 4 is 10.9 Å². The molecular weight excluding hydrogens is 330 g/mol. The molecule has 140 valence electrons. The van der Waals surface area contributed by atoms with Crippen molar-refractivity contribution in [2.75, 3.05) is 26.2 Å². The Morgan fingerprint density at radius 1 is 1.00 bits per heavy atom. The van der Waals surface area contributed by atoms with E-state index in [9.17, 15) is 0 Å². The van der Waals surface area contributed by atoms with E-state index in [2.05, 4.69) is 63.7 Å². The second-order valence-electron chi connectivity index (χ2n) is 8.14. The summed E-state index contributed by atoms with van der Waals surface area (Å²) < 4.78 is 0. The Balaban J connectivity index is 1.31. The zero-order valence-corrected chi connectivity index (χ0v) is 16.0. The van der Waals surface area contributed by atoms with Crippen molar-refractivity contribution in [1.29, 1.82) is 0 Å². The summed E-state index contributed by atoms with van der Waals surface area (Å²) in [7, 11) is 0. The van der Waals surface area contributed by atoms with E-state index in [1.807, 2.05) is 0 Å². The first-order chi connectivity index (χ1) is 13.4. The molecule has 0 bridgehead atoms. The van der Waals surface area contributed by atoms with Gasteiger partial charge in [-0.2, -0.15) is 0 Å². The fourth-order valence-corrected chi connectivity index (χ4v) is 4.81. The fraction of sp³-hybridized carbons (Fsp3) is 0.417. The van der Waals surface area contributed by atoms with Crippen LogP contribution in [0.4, 0.5) is 0 Å². The van der Waals surface area contributed by atoms with Gasteiger partial charge >= 0.3 is 0 Å². The molecule has 0 amide bonds.